The monoisotopic (exact) mass is 397 g/mol. The maximum Gasteiger partial charge on any atom is 0.161 e. The largest absolute Gasteiger partial charge is 0.490 e. The highest BCUT2D eigenvalue weighted by molar-refractivity contribution is 6.31. The van der Waals surface area contributed by atoms with Crippen LogP contribution in [0.25, 0.3) is 0 Å². The molecule has 7 heteroatoms. The highest BCUT2D eigenvalue weighted by Crippen LogP contribution is 2.30. The maximum absolute atomic E-state index is 13.9. The summed E-state index contributed by atoms with van der Waals surface area (Å²) in [6.45, 7) is 4.61. The first-order chi connectivity index (χ1) is 13.2. The van der Waals surface area contributed by atoms with E-state index in [1.54, 1.807) is 18.2 Å². The predicted molar refractivity (Wildman–Crippen MR) is 103 cm³/mol. The van der Waals surface area contributed by atoms with Gasteiger partial charge < -0.3 is 24.6 Å². The molecule has 0 bridgehead atoms. The van der Waals surface area contributed by atoms with Gasteiger partial charge in [0.05, 0.1) is 31.5 Å². The van der Waals surface area contributed by atoms with E-state index in [0.29, 0.717) is 55.0 Å². The molecule has 2 N–H and O–H groups in total. The lowest BCUT2D eigenvalue weighted by Gasteiger charge is -2.14. The van der Waals surface area contributed by atoms with E-state index in [2.05, 4.69) is 5.32 Å². The molecule has 0 radical (unpaired) electrons. The number of nitrogens with one attached hydrogen (secondary N) is 1. The molecule has 0 saturated carbocycles. The normalized spacial score (nSPS) is 10.8. The molecular weight excluding hydrogens is 373 g/mol. The third kappa shape index (κ3) is 6.99. The second-order valence-corrected chi connectivity index (χ2v) is 6.12. The summed E-state index contributed by atoms with van der Waals surface area (Å²) in [6.07, 6.45) is 0. The molecule has 0 aliphatic carbocycles. The second-order valence-electron chi connectivity index (χ2n) is 5.72. The van der Waals surface area contributed by atoms with Crippen LogP contribution in [0.1, 0.15) is 18.1 Å². The molecule has 0 fully saturated rings. The molecule has 0 aliphatic heterocycles. The van der Waals surface area contributed by atoms with E-state index in [4.69, 9.17) is 30.9 Å². The van der Waals surface area contributed by atoms with Crippen LogP contribution < -0.4 is 14.8 Å². The van der Waals surface area contributed by atoms with Gasteiger partial charge in [-0.05, 0) is 36.8 Å². The number of benzene rings is 2. The van der Waals surface area contributed by atoms with Gasteiger partial charge in [0.2, 0.25) is 0 Å². The van der Waals surface area contributed by atoms with Gasteiger partial charge in [0.15, 0.2) is 11.5 Å². The quantitative estimate of drug-likeness (QED) is 0.536. The molecule has 0 unspecified atom stereocenters. The fourth-order valence-corrected chi connectivity index (χ4v) is 2.63. The van der Waals surface area contributed by atoms with E-state index in [-0.39, 0.29) is 13.2 Å². The zero-order chi connectivity index (χ0) is 19.5. The first kappa shape index (κ1) is 21.4. The van der Waals surface area contributed by atoms with Gasteiger partial charge in [-0.15, -0.1) is 0 Å². The first-order valence-electron chi connectivity index (χ1n) is 8.86. The van der Waals surface area contributed by atoms with Crippen molar-refractivity contribution in [3.05, 3.63) is 58.4 Å². The Bertz CT molecular complexity index is 694. The van der Waals surface area contributed by atoms with Crippen LogP contribution in [0, 0.1) is 5.82 Å². The van der Waals surface area contributed by atoms with E-state index < -0.39 is 5.82 Å². The summed E-state index contributed by atoms with van der Waals surface area (Å²) in [5.74, 6) is 0.733. The zero-order valence-electron chi connectivity index (χ0n) is 15.3. The Labute approximate surface area is 164 Å². The van der Waals surface area contributed by atoms with Crippen molar-refractivity contribution in [2.75, 3.05) is 33.0 Å². The lowest BCUT2D eigenvalue weighted by atomic mass is 10.2. The Morgan fingerprint density at radius 1 is 1.11 bits per heavy atom. The van der Waals surface area contributed by atoms with Crippen molar-refractivity contribution in [3.8, 4) is 11.5 Å². The van der Waals surface area contributed by atoms with E-state index in [1.807, 2.05) is 19.1 Å². The van der Waals surface area contributed by atoms with Crippen LogP contribution in [0.4, 0.5) is 4.39 Å². The molecule has 0 saturated heterocycles. The lowest BCUT2D eigenvalue weighted by Crippen LogP contribution is -2.20. The standard InChI is InChI=1S/C20H25ClFNO4/c1-2-26-20-12-15(13-23-8-10-25-11-9-24)6-7-19(20)27-14-16-17(21)4-3-5-18(16)22/h3-7,12,23-24H,2,8-11,13-14H2,1H3. The molecule has 0 heterocycles. The van der Waals surface area contributed by atoms with Crippen molar-refractivity contribution >= 4 is 11.6 Å². The molecule has 0 aliphatic rings. The van der Waals surface area contributed by atoms with E-state index in [0.717, 1.165) is 5.56 Å². The minimum Gasteiger partial charge on any atom is -0.490 e. The molecule has 0 aromatic heterocycles. The highest BCUT2D eigenvalue weighted by Gasteiger charge is 2.11. The van der Waals surface area contributed by atoms with Gasteiger partial charge in [-0.3, -0.25) is 0 Å². The smallest absolute Gasteiger partial charge is 0.161 e. The molecule has 5 nitrogen and oxygen atoms in total. The Balaban J connectivity index is 1.96. The van der Waals surface area contributed by atoms with Gasteiger partial charge in [0, 0.05) is 18.7 Å². The van der Waals surface area contributed by atoms with Crippen molar-refractivity contribution in [3.63, 3.8) is 0 Å². The van der Waals surface area contributed by atoms with Crippen LogP contribution in [0.3, 0.4) is 0 Å². The summed E-state index contributed by atoms with van der Waals surface area (Å²) in [5, 5.41) is 12.2. The summed E-state index contributed by atoms with van der Waals surface area (Å²) < 4.78 is 30.5. The predicted octanol–water partition coefficient (Wildman–Crippen LogP) is 3.56. The first-order valence-corrected chi connectivity index (χ1v) is 9.24. The minimum atomic E-state index is -0.398. The Hall–Kier alpha value is -1.86. The van der Waals surface area contributed by atoms with E-state index in [1.165, 1.54) is 6.07 Å². The van der Waals surface area contributed by atoms with Crippen molar-refractivity contribution in [2.24, 2.45) is 0 Å². The van der Waals surface area contributed by atoms with Gasteiger partial charge in [-0.25, -0.2) is 4.39 Å². The van der Waals surface area contributed by atoms with Crippen molar-refractivity contribution in [2.45, 2.75) is 20.1 Å². The molecular formula is C20H25ClFNO4. The van der Waals surface area contributed by atoms with Crippen LogP contribution in [0.5, 0.6) is 11.5 Å². The van der Waals surface area contributed by atoms with Gasteiger partial charge in [0.1, 0.15) is 12.4 Å². The summed E-state index contributed by atoms with van der Waals surface area (Å²) in [5.41, 5.74) is 1.34. The van der Waals surface area contributed by atoms with Crippen LogP contribution in [-0.2, 0) is 17.9 Å². The van der Waals surface area contributed by atoms with Gasteiger partial charge >= 0.3 is 0 Å². The summed E-state index contributed by atoms with van der Waals surface area (Å²) >= 11 is 6.04. The lowest BCUT2D eigenvalue weighted by molar-refractivity contribution is 0.0938. The molecule has 2 rings (SSSR count). The summed E-state index contributed by atoms with van der Waals surface area (Å²) in [6, 6.07) is 10.2. The van der Waals surface area contributed by atoms with Crippen LogP contribution in [0.2, 0.25) is 5.02 Å². The SMILES string of the molecule is CCOc1cc(CNCCOCCO)ccc1OCc1c(F)cccc1Cl. The number of ether oxygens (including phenoxy) is 3. The fraction of sp³-hybridized carbons (Fsp3) is 0.400. The number of halogens is 2. The van der Waals surface area contributed by atoms with Crippen LogP contribution in [0.15, 0.2) is 36.4 Å². The van der Waals surface area contributed by atoms with Crippen LogP contribution in [-0.4, -0.2) is 38.1 Å². The number of aliphatic hydroxyl groups is 1. The Kier molecular flexibility index (Phi) is 9.35. The summed E-state index contributed by atoms with van der Waals surface area (Å²) in [7, 11) is 0. The molecule has 2 aromatic rings. The van der Waals surface area contributed by atoms with Gasteiger partial charge in [-0.1, -0.05) is 23.7 Å². The molecule has 0 spiro atoms. The van der Waals surface area contributed by atoms with Gasteiger partial charge in [0.25, 0.3) is 0 Å². The molecule has 148 valence electrons. The van der Waals surface area contributed by atoms with Crippen molar-refractivity contribution < 1.29 is 23.7 Å². The Morgan fingerprint density at radius 3 is 2.70 bits per heavy atom. The number of hydrogen-bond acceptors (Lipinski definition) is 5. The second kappa shape index (κ2) is 11.8. The maximum atomic E-state index is 13.9. The van der Waals surface area contributed by atoms with Crippen molar-refractivity contribution in [1.82, 2.24) is 5.32 Å². The minimum absolute atomic E-state index is 0.0192. The van der Waals surface area contributed by atoms with E-state index in [9.17, 15) is 4.39 Å². The number of aliphatic hydroxyl groups excluding tert-OH is 1. The zero-order valence-corrected chi connectivity index (χ0v) is 16.1. The fourth-order valence-electron chi connectivity index (χ4n) is 2.41. The van der Waals surface area contributed by atoms with Crippen molar-refractivity contribution in [1.29, 1.82) is 0 Å². The van der Waals surface area contributed by atoms with Crippen LogP contribution >= 0.6 is 11.6 Å². The third-order valence-electron chi connectivity index (χ3n) is 3.73. The number of hydrogen-bond donors (Lipinski definition) is 2. The average molecular weight is 398 g/mol. The van der Waals surface area contributed by atoms with Gasteiger partial charge in [-0.2, -0.15) is 0 Å². The summed E-state index contributed by atoms with van der Waals surface area (Å²) in [4.78, 5) is 0. The molecule has 27 heavy (non-hydrogen) atoms. The number of rotatable bonds is 12. The Morgan fingerprint density at radius 2 is 1.96 bits per heavy atom. The topological polar surface area (TPSA) is 60.0 Å². The third-order valence-corrected chi connectivity index (χ3v) is 4.08. The van der Waals surface area contributed by atoms with E-state index >= 15 is 0 Å². The average Bonchev–Trinajstić information content (AvgIpc) is 2.66. The molecule has 0 amide bonds. The molecule has 2 aromatic carbocycles. The highest BCUT2D eigenvalue weighted by atomic mass is 35.5. The molecule has 0 atom stereocenters.